The van der Waals surface area contributed by atoms with Crippen molar-refractivity contribution in [2.75, 3.05) is 17.2 Å². The Hall–Kier alpha value is -1.42. The molecule has 0 heterocycles. The van der Waals surface area contributed by atoms with Crippen molar-refractivity contribution in [1.82, 2.24) is 0 Å². The molecule has 0 unspecified atom stereocenters. The number of amides is 1. The lowest BCUT2D eigenvalue weighted by molar-refractivity contribution is -0.115. The summed E-state index contributed by atoms with van der Waals surface area (Å²) in [5, 5.41) is 7.40. The zero-order valence-electron chi connectivity index (χ0n) is 11.0. The molecule has 0 saturated carbocycles. The summed E-state index contributed by atoms with van der Waals surface area (Å²) < 4.78 is 0. The van der Waals surface area contributed by atoms with E-state index >= 15 is 0 Å². The van der Waals surface area contributed by atoms with Crippen LogP contribution in [0.2, 0.25) is 15.1 Å². The summed E-state index contributed by atoms with van der Waals surface area (Å²) >= 11 is 17.8. The molecule has 21 heavy (non-hydrogen) atoms. The average molecular weight is 344 g/mol. The maximum absolute atomic E-state index is 11.8. The molecule has 0 aliphatic rings. The lowest BCUT2D eigenvalue weighted by atomic mass is 10.3. The van der Waals surface area contributed by atoms with E-state index in [1.807, 2.05) is 18.2 Å². The van der Waals surface area contributed by atoms with E-state index in [4.69, 9.17) is 34.8 Å². The number of para-hydroxylation sites is 1. The van der Waals surface area contributed by atoms with Gasteiger partial charge in [-0.25, -0.2) is 0 Å². The van der Waals surface area contributed by atoms with Gasteiger partial charge in [0.2, 0.25) is 5.91 Å². The second kappa shape index (κ2) is 7.55. The molecule has 6 heteroatoms. The van der Waals surface area contributed by atoms with Gasteiger partial charge in [-0.1, -0.05) is 46.9 Å². The first-order valence-electron chi connectivity index (χ1n) is 6.29. The van der Waals surface area contributed by atoms with Crippen molar-refractivity contribution in [2.24, 2.45) is 0 Å². The Morgan fingerprint density at radius 3 is 2.43 bits per heavy atom. The molecule has 2 aromatic carbocycles. The molecule has 0 fully saturated rings. The Balaban J connectivity index is 1.84. The molecule has 0 saturated heterocycles. The lowest BCUT2D eigenvalue weighted by Gasteiger charge is -2.09. The highest BCUT2D eigenvalue weighted by Crippen LogP contribution is 2.25. The maximum atomic E-state index is 11.8. The largest absolute Gasteiger partial charge is 0.383 e. The van der Waals surface area contributed by atoms with Crippen molar-refractivity contribution in [3.63, 3.8) is 0 Å². The minimum absolute atomic E-state index is 0.140. The monoisotopic (exact) mass is 342 g/mol. The van der Waals surface area contributed by atoms with Gasteiger partial charge in [0.25, 0.3) is 0 Å². The van der Waals surface area contributed by atoms with Crippen LogP contribution >= 0.6 is 34.8 Å². The van der Waals surface area contributed by atoms with Gasteiger partial charge in [-0.15, -0.1) is 0 Å². The average Bonchev–Trinajstić information content (AvgIpc) is 2.44. The van der Waals surface area contributed by atoms with E-state index in [-0.39, 0.29) is 5.91 Å². The summed E-state index contributed by atoms with van der Waals surface area (Å²) in [6.07, 6.45) is 0.296. The van der Waals surface area contributed by atoms with Crippen LogP contribution < -0.4 is 10.6 Å². The van der Waals surface area contributed by atoms with E-state index in [9.17, 15) is 4.79 Å². The van der Waals surface area contributed by atoms with Crippen LogP contribution in [-0.4, -0.2) is 12.5 Å². The topological polar surface area (TPSA) is 41.1 Å². The summed E-state index contributed by atoms with van der Waals surface area (Å²) in [5.74, 6) is -0.140. The number of carbonyl (C=O) groups is 1. The highest BCUT2D eigenvalue weighted by molar-refractivity contribution is 6.36. The quantitative estimate of drug-likeness (QED) is 0.794. The number of halogens is 3. The minimum atomic E-state index is -0.140. The van der Waals surface area contributed by atoms with Crippen molar-refractivity contribution < 1.29 is 4.79 Å². The van der Waals surface area contributed by atoms with Crippen LogP contribution in [0, 0.1) is 0 Å². The Morgan fingerprint density at radius 2 is 1.71 bits per heavy atom. The first kappa shape index (κ1) is 16.0. The van der Waals surface area contributed by atoms with Gasteiger partial charge in [0.1, 0.15) is 0 Å². The van der Waals surface area contributed by atoms with E-state index in [1.54, 1.807) is 24.3 Å². The third kappa shape index (κ3) is 4.81. The number of nitrogens with one attached hydrogen (secondary N) is 2. The molecule has 0 radical (unpaired) electrons. The van der Waals surface area contributed by atoms with Gasteiger partial charge >= 0.3 is 0 Å². The van der Waals surface area contributed by atoms with Crippen LogP contribution in [0.5, 0.6) is 0 Å². The third-order valence-corrected chi connectivity index (χ3v) is 3.62. The SMILES string of the molecule is O=C(CCNc1ccccc1Cl)Nc1ccc(Cl)cc1Cl. The Morgan fingerprint density at radius 1 is 0.952 bits per heavy atom. The molecule has 3 nitrogen and oxygen atoms in total. The number of hydrogen-bond acceptors (Lipinski definition) is 2. The Kier molecular flexibility index (Phi) is 5.74. The number of anilines is 2. The van der Waals surface area contributed by atoms with Crippen molar-refractivity contribution in [3.8, 4) is 0 Å². The number of benzene rings is 2. The van der Waals surface area contributed by atoms with Crippen molar-refractivity contribution >= 4 is 52.1 Å². The molecule has 0 aliphatic carbocycles. The second-order valence-corrected chi connectivity index (χ2v) is 5.58. The van der Waals surface area contributed by atoms with E-state index in [1.165, 1.54) is 0 Å². The summed E-state index contributed by atoms with van der Waals surface area (Å²) in [7, 11) is 0. The summed E-state index contributed by atoms with van der Waals surface area (Å²) in [6.45, 7) is 0.473. The van der Waals surface area contributed by atoms with Gasteiger partial charge in [-0.05, 0) is 30.3 Å². The third-order valence-electron chi connectivity index (χ3n) is 2.75. The van der Waals surface area contributed by atoms with Crippen LogP contribution in [-0.2, 0) is 4.79 Å². The standard InChI is InChI=1S/C15H13Cl3N2O/c16-10-5-6-14(12(18)9-10)20-15(21)7-8-19-13-4-2-1-3-11(13)17/h1-6,9,19H,7-8H2,(H,20,21). The first-order chi connectivity index (χ1) is 10.1. The smallest absolute Gasteiger partial charge is 0.226 e. The minimum Gasteiger partial charge on any atom is -0.383 e. The fraction of sp³-hybridized carbons (Fsp3) is 0.133. The predicted molar refractivity (Wildman–Crippen MR) is 89.7 cm³/mol. The Bertz CT molecular complexity index is 647. The number of hydrogen-bond donors (Lipinski definition) is 2. The Labute approximate surface area is 138 Å². The van der Waals surface area contributed by atoms with Gasteiger partial charge in [0.15, 0.2) is 0 Å². The van der Waals surface area contributed by atoms with Crippen LogP contribution in [0.25, 0.3) is 0 Å². The fourth-order valence-corrected chi connectivity index (χ4v) is 2.38. The molecule has 0 aromatic heterocycles. The van der Waals surface area contributed by atoms with E-state index in [0.29, 0.717) is 33.7 Å². The number of carbonyl (C=O) groups excluding carboxylic acids is 1. The summed E-state index contributed by atoms with van der Waals surface area (Å²) in [4.78, 5) is 11.8. The van der Waals surface area contributed by atoms with Gasteiger partial charge in [-0.3, -0.25) is 4.79 Å². The van der Waals surface area contributed by atoms with Gasteiger partial charge in [-0.2, -0.15) is 0 Å². The van der Waals surface area contributed by atoms with Crippen LogP contribution in [0.3, 0.4) is 0 Å². The lowest BCUT2D eigenvalue weighted by Crippen LogP contribution is -2.16. The molecule has 0 bridgehead atoms. The zero-order chi connectivity index (χ0) is 15.2. The molecule has 1 amide bonds. The molecule has 2 aromatic rings. The maximum Gasteiger partial charge on any atom is 0.226 e. The molecular weight excluding hydrogens is 331 g/mol. The summed E-state index contributed by atoms with van der Waals surface area (Å²) in [5.41, 5.74) is 1.35. The van der Waals surface area contributed by atoms with E-state index in [0.717, 1.165) is 5.69 Å². The predicted octanol–water partition coefficient (Wildman–Crippen LogP) is 5.09. The zero-order valence-corrected chi connectivity index (χ0v) is 13.3. The molecule has 0 spiro atoms. The van der Waals surface area contributed by atoms with Gasteiger partial charge in [0.05, 0.1) is 21.4 Å². The van der Waals surface area contributed by atoms with Crippen molar-refractivity contribution in [3.05, 3.63) is 57.5 Å². The van der Waals surface area contributed by atoms with Crippen LogP contribution in [0.15, 0.2) is 42.5 Å². The molecular formula is C15H13Cl3N2O. The normalized spacial score (nSPS) is 10.2. The van der Waals surface area contributed by atoms with Gasteiger partial charge in [0, 0.05) is 18.0 Å². The van der Waals surface area contributed by atoms with Crippen LogP contribution in [0.4, 0.5) is 11.4 Å². The molecule has 0 aliphatic heterocycles. The van der Waals surface area contributed by atoms with Crippen molar-refractivity contribution in [1.29, 1.82) is 0 Å². The molecule has 2 N–H and O–H groups in total. The first-order valence-corrected chi connectivity index (χ1v) is 7.43. The highest BCUT2D eigenvalue weighted by atomic mass is 35.5. The fourth-order valence-electron chi connectivity index (χ4n) is 1.72. The van der Waals surface area contributed by atoms with E-state index in [2.05, 4.69) is 10.6 Å². The molecule has 110 valence electrons. The number of rotatable bonds is 5. The molecule has 2 rings (SSSR count). The highest BCUT2D eigenvalue weighted by Gasteiger charge is 2.06. The summed E-state index contributed by atoms with van der Waals surface area (Å²) in [6, 6.07) is 12.3. The van der Waals surface area contributed by atoms with Gasteiger partial charge < -0.3 is 10.6 Å². The van der Waals surface area contributed by atoms with E-state index < -0.39 is 0 Å². The van der Waals surface area contributed by atoms with Crippen molar-refractivity contribution in [2.45, 2.75) is 6.42 Å². The molecule has 0 atom stereocenters. The van der Waals surface area contributed by atoms with Crippen LogP contribution in [0.1, 0.15) is 6.42 Å². The second-order valence-electron chi connectivity index (χ2n) is 4.33.